The van der Waals surface area contributed by atoms with Crippen molar-refractivity contribution in [2.45, 2.75) is 84.3 Å². The largest absolute Gasteiger partial charge is 0.444 e. The Morgan fingerprint density at radius 3 is 2.47 bits per heavy atom. The van der Waals surface area contributed by atoms with E-state index in [1.807, 2.05) is 13.8 Å². The molecule has 2 fully saturated rings. The normalized spacial score (nSPS) is 23.4. The van der Waals surface area contributed by atoms with Crippen LogP contribution in [0, 0.1) is 17.8 Å². The predicted octanol–water partition coefficient (Wildman–Crippen LogP) is 5.31. The summed E-state index contributed by atoms with van der Waals surface area (Å²) in [7, 11) is 1.60. The van der Waals surface area contributed by atoms with Crippen molar-refractivity contribution in [2.24, 2.45) is 17.8 Å². The van der Waals surface area contributed by atoms with E-state index in [4.69, 9.17) is 4.74 Å². The molecular weight excluding hydrogens is 471 g/mol. The quantitative estimate of drug-likeness (QED) is 0.539. The minimum atomic E-state index is -4.36. The summed E-state index contributed by atoms with van der Waals surface area (Å²) in [6, 6.07) is 4.84. The highest BCUT2D eigenvalue weighted by molar-refractivity contribution is 5.86. The lowest BCUT2D eigenvalue weighted by molar-refractivity contribution is -0.137. The van der Waals surface area contributed by atoms with Gasteiger partial charge in [-0.3, -0.25) is 14.6 Å². The SMILES string of the molecule is CC(C)C[C@H](C(=O)NC1CCC2CN(Cc3cccc(C(F)(F)F)c3)CC21)N(C)C(=O)OC(C)(C)C. The van der Waals surface area contributed by atoms with E-state index in [9.17, 15) is 22.8 Å². The average Bonchev–Trinajstić information content (AvgIpc) is 3.30. The molecule has 1 aliphatic heterocycles. The van der Waals surface area contributed by atoms with Gasteiger partial charge >= 0.3 is 12.3 Å². The summed E-state index contributed by atoms with van der Waals surface area (Å²) in [5.41, 5.74) is -0.647. The molecule has 36 heavy (non-hydrogen) atoms. The molecule has 0 spiro atoms. The van der Waals surface area contributed by atoms with Gasteiger partial charge in [0.2, 0.25) is 5.91 Å². The van der Waals surface area contributed by atoms with Crippen molar-refractivity contribution in [1.82, 2.24) is 15.1 Å². The number of rotatable bonds is 7. The van der Waals surface area contributed by atoms with Crippen LogP contribution in [0.25, 0.3) is 0 Å². The first-order chi connectivity index (χ1) is 16.6. The van der Waals surface area contributed by atoms with E-state index in [-0.39, 0.29) is 23.8 Å². The lowest BCUT2D eigenvalue weighted by Gasteiger charge is -2.32. The van der Waals surface area contributed by atoms with Gasteiger partial charge in [-0.2, -0.15) is 13.2 Å². The second-order valence-electron chi connectivity index (χ2n) is 11.7. The topological polar surface area (TPSA) is 61.9 Å². The van der Waals surface area contributed by atoms with Crippen molar-refractivity contribution in [3.63, 3.8) is 0 Å². The van der Waals surface area contributed by atoms with Gasteiger partial charge in [-0.25, -0.2) is 4.79 Å². The third kappa shape index (κ3) is 7.37. The number of hydrogen-bond acceptors (Lipinski definition) is 4. The van der Waals surface area contributed by atoms with E-state index in [0.717, 1.165) is 32.0 Å². The van der Waals surface area contributed by atoms with E-state index in [1.165, 1.54) is 17.0 Å². The molecule has 1 saturated heterocycles. The minimum Gasteiger partial charge on any atom is -0.444 e. The molecule has 4 atom stereocenters. The van der Waals surface area contributed by atoms with Gasteiger partial charge in [0, 0.05) is 32.7 Å². The maximum Gasteiger partial charge on any atom is 0.416 e. The smallest absolute Gasteiger partial charge is 0.416 e. The lowest BCUT2D eigenvalue weighted by Crippen LogP contribution is -2.52. The number of benzene rings is 1. The second kappa shape index (κ2) is 11.0. The number of amides is 2. The van der Waals surface area contributed by atoms with E-state index in [2.05, 4.69) is 10.2 Å². The summed E-state index contributed by atoms with van der Waals surface area (Å²) < 4.78 is 44.7. The summed E-state index contributed by atoms with van der Waals surface area (Å²) in [6.45, 7) is 11.4. The Kier molecular flexibility index (Phi) is 8.63. The number of halogens is 3. The number of fused-ring (bicyclic) bond motifs is 1. The lowest BCUT2D eigenvalue weighted by atomic mass is 9.96. The Morgan fingerprint density at radius 2 is 1.86 bits per heavy atom. The summed E-state index contributed by atoms with van der Waals surface area (Å²) in [4.78, 5) is 29.6. The minimum absolute atomic E-state index is 0.0179. The number of carbonyl (C=O) groups excluding carboxylic acids is 2. The number of likely N-dealkylation sites (N-methyl/N-ethyl adjacent to an activating group) is 1. The molecule has 2 aliphatic rings. The molecular formula is C27H40F3N3O3. The van der Waals surface area contributed by atoms with Crippen LogP contribution < -0.4 is 5.32 Å². The van der Waals surface area contributed by atoms with Crippen LogP contribution in [0.5, 0.6) is 0 Å². The van der Waals surface area contributed by atoms with Crippen molar-refractivity contribution < 1.29 is 27.5 Å². The number of nitrogens with zero attached hydrogens (tertiary/aromatic N) is 2. The van der Waals surface area contributed by atoms with Crippen molar-refractivity contribution in [1.29, 1.82) is 0 Å². The summed E-state index contributed by atoms with van der Waals surface area (Å²) in [6.07, 6.45) is -2.54. The first kappa shape index (κ1) is 28.3. The highest BCUT2D eigenvalue weighted by atomic mass is 19.4. The zero-order valence-corrected chi connectivity index (χ0v) is 22.2. The molecule has 6 nitrogen and oxygen atoms in total. The molecule has 2 amide bonds. The van der Waals surface area contributed by atoms with Gasteiger partial charge in [0.25, 0.3) is 0 Å². The van der Waals surface area contributed by atoms with E-state index >= 15 is 0 Å². The van der Waals surface area contributed by atoms with Crippen molar-refractivity contribution >= 4 is 12.0 Å². The van der Waals surface area contributed by atoms with Gasteiger partial charge in [0.15, 0.2) is 0 Å². The van der Waals surface area contributed by atoms with Gasteiger partial charge in [0.1, 0.15) is 11.6 Å². The van der Waals surface area contributed by atoms with Crippen molar-refractivity contribution in [2.75, 3.05) is 20.1 Å². The average molecular weight is 512 g/mol. The summed E-state index contributed by atoms with van der Waals surface area (Å²) in [5, 5.41) is 3.20. The predicted molar refractivity (Wildman–Crippen MR) is 132 cm³/mol. The zero-order valence-electron chi connectivity index (χ0n) is 22.2. The van der Waals surface area contributed by atoms with Gasteiger partial charge in [-0.05, 0) is 69.4 Å². The van der Waals surface area contributed by atoms with Gasteiger partial charge in [-0.15, -0.1) is 0 Å². The number of likely N-dealkylation sites (tertiary alicyclic amines) is 1. The van der Waals surface area contributed by atoms with Gasteiger partial charge in [-0.1, -0.05) is 32.0 Å². The third-order valence-corrected chi connectivity index (χ3v) is 7.07. The number of alkyl halides is 3. The van der Waals surface area contributed by atoms with Crippen molar-refractivity contribution in [3.05, 3.63) is 35.4 Å². The third-order valence-electron chi connectivity index (χ3n) is 7.07. The van der Waals surface area contributed by atoms with Crippen LogP contribution in [0.3, 0.4) is 0 Å². The molecule has 0 radical (unpaired) electrons. The second-order valence-corrected chi connectivity index (χ2v) is 11.7. The molecule has 202 valence electrons. The molecule has 1 heterocycles. The Labute approximate surface area is 212 Å². The number of ether oxygens (including phenoxy) is 1. The molecule has 1 saturated carbocycles. The molecule has 1 aromatic carbocycles. The Bertz CT molecular complexity index is 929. The molecule has 0 aromatic heterocycles. The van der Waals surface area contributed by atoms with Crippen molar-refractivity contribution in [3.8, 4) is 0 Å². The molecule has 9 heteroatoms. The molecule has 1 aromatic rings. The fourth-order valence-corrected chi connectivity index (χ4v) is 5.40. The highest BCUT2D eigenvalue weighted by Gasteiger charge is 2.44. The maximum atomic E-state index is 13.4. The molecule has 3 rings (SSSR count). The molecule has 3 unspecified atom stereocenters. The summed E-state index contributed by atoms with van der Waals surface area (Å²) in [5.74, 6) is 0.662. The van der Waals surface area contributed by atoms with Gasteiger partial charge in [0.05, 0.1) is 5.56 Å². The fourth-order valence-electron chi connectivity index (χ4n) is 5.40. The van der Waals surface area contributed by atoms with E-state index < -0.39 is 29.5 Å². The van der Waals surface area contributed by atoms with Gasteiger partial charge < -0.3 is 10.1 Å². The van der Waals surface area contributed by atoms with Crippen LogP contribution in [0.15, 0.2) is 24.3 Å². The molecule has 0 bridgehead atoms. The maximum absolute atomic E-state index is 13.4. The Balaban J connectivity index is 1.63. The molecule has 1 aliphatic carbocycles. The zero-order chi connectivity index (χ0) is 26.8. The Hall–Kier alpha value is -2.29. The number of carbonyl (C=O) groups is 2. The fraction of sp³-hybridized carbons (Fsp3) is 0.704. The van der Waals surface area contributed by atoms with E-state index in [0.29, 0.717) is 24.4 Å². The standard InChI is InChI=1S/C27H40F3N3O3/c1-17(2)12-23(32(6)25(35)36-26(3,4)5)24(34)31-22-11-10-19-15-33(16-21(19)22)14-18-8-7-9-20(13-18)27(28,29)30/h7-9,13,17,19,21-23H,10-12,14-16H2,1-6H3,(H,31,34)/t19?,21?,22?,23-/m1/s1. The highest BCUT2D eigenvalue weighted by Crippen LogP contribution is 2.39. The van der Waals surface area contributed by atoms with Crippen LogP contribution in [-0.2, 0) is 22.3 Å². The van der Waals surface area contributed by atoms with Crippen LogP contribution in [0.4, 0.5) is 18.0 Å². The monoisotopic (exact) mass is 511 g/mol. The first-order valence-corrected chi connectivity index (χ1v) is 12.8. The Morgan fingerprint density at radius 1 is 1.17 bits per heavy atom. The van der Waals surface area contributed by atoms with Crippen LogP contribution in [0.2, 0.25) is 0 Å². The first-order valence-electron chi connectivity index (χ1n) is 12.8. The van der Waals surface area contributed by atoms with Crippen LogP contribution in [0.1, 0.15) is 65.0 Å². The molecule has 1 N–H and O–H groups in total. The van der Waals surface area contributed by atoms with E-state index in [1.54, 1.807) is 33.9 Å². The number of hydrogen-bond donors (Lipinski definition) is 1. The number of nitrogens with one attached hydrogen (secondary N) is 1. The van der Waals surface area contributed by atoms with Crippen LogP contribution >= 0.6 is 0 Å². The summed E-state index contributed by atoms with van der Waals surface area (Å²) >= 11 is 0. The van der Waals surface area contributed by atoms with Crippen LogP contribution in [-0.4, -0.2) is 59.6 Å².